The van der Waals surface area contributed by atoms with E-state index in [9.17, 15) is 0 Å². The van der Waals surface area contributed by atoms with Crippen molar-refractivity contribution in [3.05, 3.63) is 78.5 Å². The maximum atomic E-state index is 4.68. The Morgan fingerprint density at radius 2 is 2.03 bits per heavy atom. The first-order valence-electron chi connectivity index (χ1n) is 9.96. The van der Waals surface area contributed by atoms with Crippen LogP contribution in [-0.2, 0) is 12.1 Å². The number of para-hydroxylation sites is 1. The molecule has 0 saturated carbocycles. The molecule has 7 nitrogen and oxygen atoms in total. The van der Waals surface area contributed by atoms with Gasteiger partial charge in [-0.25, -0.2) is 14.6 Å². The highest BCUT2D eigenvalue weighted by atomic mass is 15.4. The molecule has 0 spiro atoms. The fourth-order valence-electron chi connectivity index (χ4n) is 4.02. The summed E-state index contributed by atoms with van der Waals surface area (Å²) in [5.41, 5.74) is 5.52. The first-order valence-corrected chi connectivity index (χ1v) is 9.96. The Morgan fingerprint density at radius 1 is 1.20 bits per heavy atom. The van der Waals surface area contributed by atoms with E-state index in [0.29, 0.717) is 6.54 Å². The standard InChI is InChI=1S/C23H23N7/c1-16(15-29-20-9-5-4-7-18(20)27-28-29)17-10-12-23(2,13-11-17)30-21-19(8-6-14-25-21)26-22(30)24-3/h4-12,14H,1,13,15H2,2-3H3,(H,24,26). The van der Waals surface area contributed by atoms with Crippen molar-refractivity contribution in [1.82, 2.24) is 29.5 Å². The number of pyridine rings is 1. The zero-order chi connectivity index (χ0) is 20.7. The summed E-state index contributed by atoms with van der Waals surface area (Å²) in [6.07, 6.45) is 9.20. The largest absolute Gasteiger partial charge is 0.359 e. The normalized spacial score (nSPS) is 18.7. The van der Waals surface area contributed by atoms with Crippen molar-refractivity contribution in [1.29, 1.82) is 0 Å². The number of aromatic nitrogens is 6. The lowest BCUT2D eigenvalue weighted by molar-refractivity contribution is 0.424. The predicted octanol–water partition coefficient (Wildman–Crippen LogP) is 4.08. The number of fused-ring (bicyclic) bond motifs is 2. The van der Waals surface area contributed by atoms with Crippen molar-refractivity contribution in [2.45, 2.75) is 25.4 Å². The van der Waals surface area contributed by atoms with Crippen molar-refractivity contribution in [3.8, 4) is 0 Å². The van der Waals surface area contributed by atoms with Gasteiger partial charge < -0.3 is 5.32 Å². The molecule has 0 saturated heterocycles. The van der Waals surface area contributed by atoms with Gasteiger partial charge in [-0.1, -0.05) is 42.2 Å². The minimum Gasteiger partial charge on any atom is -0.359 e. The van der Waals surface area contributed by atoms with Crippen LogP contribution in [0.3, 0.4) is 0 Å². The number of imidazole rings is 1. The summed E-state index contributed by atoms with van der Waals surface area (Å²) in [4.78, 5) is 9.26. The van der Waals surface area contributed by atoms with Crippen molar-refractivity contribution in [2.75, 3.05) is 12.4 Å². The van der Waals surface area contributed by atoms with Crippen molar-refractivity contribution in [2.24, 2.45) is 0 Å². The van der Waals surface area contributed by atoms with Crippen molar-refractivity contribution >= 4 is 28.1 Å². The van der Waals surface area contributed by atoms with Gasteiger partial charge in [0.1, 0.15) is 11.0 Å². The van der Waals surface area contributed by atoms with Crippen LogP contribution in [0, 0.1) is 0 Å². The van der Waals surface area contributed by atoms with Crippen LogP contribution in [0.5, 0.6) is 0 Å². The molecule has 0 amide bonds. The summed E-state index contributed by atoms with van der Waals surface area (Å²) >= 11 is 0. The van der Waals surface area contributed by atoms with Gasteiger partial charge >= 0.3 is 0 Å². The first-order chi connectivity index (χ1) is 14.6. The molecule has 4 aromatic rings. The summed E-state index contributed by atoms with van der Waals surface area (Å²) in [6.45, 7) is 7.10. The topological polar surface area (TPSA) is 73.5 Å². The summed E-state index contributed by atoms with van der Waals surface area (Å²) < 4.78 is 4.06. The van der Waals surface area contributed by atoms with E-state index in [1.54, 1.807) is 6.20 Å². The van der Waals surface area contributed by atoms with Crippen LogP contribution in [0.1, 0.15) is 13.3 Å². The Morgan fingerprint density at radius 3 is 2.83 bits per heavy atom. The fourth-order valence-corrected chi connectivity index (χ4v) is 4.02. The van der Waals surface area contributed by atoms with Gasteiger partial charge in [0.2, 0.25) is 5.95 Å². The summed E-state index contributed by atoms with van der Waals surface area (Å²) in [5.74, 6) is 0.806. The number of allylic oxidation sites excluding steroid dienone is 5. The highest BCUT2D eigenvalue weighted by Crippen LogP contribution is 2.35. The van der Waals surface area contributed by atoms with Crippen LogP contribution in [0.15, 0.2) is 78.5 Å². The van der Waals surface area contributed by atoms with Gasteiger partial charge in [-0.2, -0.15) is 0 Å². The third-order valence-electron chi connectivity index (χ3n) is 5.68. The van der Waals surface area contributed by atoms with E-state index >= 15 is 0 Å². The van der Waals surface area contributed by atoms with Gasteiger partial charge in [0, 0.05) is 13.2 Å². The Balaban J connectivity index is 1.42. The van der Waals surface area contributed by atoms with E-state index in [4.69, 9.17) is 0 Å². The lowest BCUT2D eigenvalue weighted by Gasteiger charge is -2.31. The maximum absolute atomic E-state index is 4.68. The van der Waals surface area contributed by atoms with Gasteiger partial charge in [0.25, 0.3) is 0 Å². The van der Waals surface area contributed by atoms with E-state index < -0.39 is 0 Å². The zero-order valence-electron chi connectivity index (χ0n) is 17.1. The maximum Gasteiger partial charge on any atom is 0.205 e. The number of hydrogen-bond donors (Lipinski definition) is 1. The molecule has 150 valence electrons. The summed E-state index contributed by atoms with van der Waals surface area (Å²) in [5, 5.41) is 11.7. The number of anilines is 1. The molecule has 1 N–H and O–H groups in total. The van der Waals surface area contributed by atoms with E-state index in [0.717, 1.165) is 45.7 Å². The molecule has 0 bridgehead atoms. The second-order valence-electron chi connectivity index (χ2n) is 7.76. The number of rotatable bonds is 5. The average Bonchev–Trinajstić information content (AvgIpc) is 3.36. The van der Waals surface area contributed by atoms with E-state index in [1.807, 2.05) is 48.1 Å². The Labute approximate surface area is 174 Å². The van der Waals surface area contributed by atoms with E-state index in [-0.39, 0.29) is 5.54 Å². The molecule has 1 unspecified atom stereocenters. The highest BCUT2D eigenvalue weighted by Gasteiger charge is 2.30. The van der Waals surface area contributed by atoms with Gasteiger partial charge in [-0.3, -0.25) is 4.57 Å². The molecule has 3 heterocycles. The molecule has 0 fully saturated rings. The molecule has 30 heavy (non-hydrogen) atoms. The highest BCUT2D eigenvalue weighted by molar-refractivity contribution is 5.75. The Hall–Kier alpha value is -3.74. The molecule has 1 aliphatic carbocycles. The quantitative estimate of drug-likeness (QED) is 0.549. The van der Waals surface area contributed by atoms with Gasteiger partial charge in [-0.05, 0) is 48.8 Å². The number of nitrogens with one attached hydrogen (secondary N) is 1. The monoisotopic (exact) mass is 397 g/mol. The molecule has 0 aliphatic heterocycles. The Bertz CT molecular complexity index is 1320. The summed E-state index contributed by atoms with van der Waals surface area (Å²) in [7, 11) is 1.89. The molecule has 5 rings (SSSR count). The lowest BCUT2D eigenvalue weighted by atomic mass is 9.88. The molecule has 0 radical (unpaired) electrons. The van der Waals surface area contributed by atoms with E-state index in [1.165, 1.54) is 0 Å². The number of hydrogen-bond acceptors (Lipinski definition) is 5. The molecular weight excluding hydrogens is 374 g/mol. The van der Waals surface area contributed by atoms with Crippen LogP contribution in [0.4, 0.5) is 5.95 Å². The minimum absolute atomic E-state index is 0.273. The average molecular weight is 397 g/mol. The minimum atomic E-state index is -0.273. The molecule has 1 atom stereocenters. The zero-order valence-corrected chi connectivity index (χ0v) is 17.1. The third-order valence-corrected chi connectivity index (χ3v) is 5.68. The molecular formula is C23H23N7. The van der Waals surface area contributed by atoms with Gasteiger partial charge in [-0.15, -0.1) is 5.10 Å². The summed E-state index contributed by atoms with van der Waals surface area (Å²) in [6, 6.07) is 11.9. The van der Waals surface area contributed by atoms with Crippen LogP contribution < -0.4 is 5.32 Å². The Kier molecular flexibility index (Phi) is 4.24. The molecule has 1 aromatic carbocycles. The first kappa shape index (κ1) is 18.3. The predicted molar refractivity (Wildman–Crippen MR) is 119 cm³/mol. The SMILES string of the molecule is C=C(Cn1nnc2ccccc21)C1=CCC(C)(n2c(NC)nc3cccnc32)C=C1. The fraction of sp³-hybridized carbons (Fsp3) is 0.217. The van der Waals surface area contributed by atoms with Crippen LogP contribution in [0.25, 0.3) is 22.2 Å². The number of benzene rings is 1. The smallest absolute Gasteiger partial charge is 0.205 e. The molecule has 7 heteroatoms. The van der Waals surface area contributed by atoms with Gasteiger partial charge in [0.05, 0.1) is 17.6 Å². The van der Waals surface area contributed by atoms with Gasteiger partial charge in [0.15, 0.2) is 5.65 Å². The van der Waals surface area contributed by atoms with Crippen LogP contribution >= 0.6 is 0 Å². The van der Waals surface area contributed by atoms with Crippen molar-refractivity contribution in [3.63, 3.8) is 0 Å². The molecule has 1 aliphatic rings. The third kappa shape index (κ3) is 2.90. The van der Waals surface area contributed by atoms with E-state index in [2.05, 4.69) is 61.9 Å². The number of nitrogens with zero attached hydrogens (tertiary/aromatic N) is 6. The molecule has 3 aromatic heterocycles. The van der Waals surface area contributed by atoms with Crippen LogP contribution in [-0.4, -0.2) is 36.6 Å². The lowest BCUT2D eigenvalue weighted by Crippen LogP contribution is -2.30. The van der Waals surface area contributed by atoms with Crippen LogP contribution in [0.2, 0.25) is 0 Å². The van der Waals surface area contributed by atoms with Crippen molar-refractivity contribution < 1.29 is 0 Å². The second kappa shape index (κ2) is 6.95. The second-order valence-corrected chi connectivity index (χ2v) is 7.76.